The van der Waals surface area contributed by atoms with Crippen LogP contribution in [-0.4, -0.2) is 23.4 Å². The number of carbonyl (C=O) groups is 2. The maximum absolute atomic E-state index is 12.6. The number of halogens is 1. The maximum atomic E-state index is 12.6. The van der Waals surface area contributed by atoms with Gasteiger partial charge in [0.15, 0.2) is 0 Å². The second-order valence-corrected chi connectivity index (χ2v) is 5.77. The Kier molecular flexibility index (Phi) is 6.68. The molecule has 0 radical (unpaired) electrons. The third-order valence-electron chi connectivity index (χ3n) is 3.59. The molecule has 1 atom stereocenters. The van der Waals surface area contributed by atoms with Gasteiger partial charge in [-0.15, -0.1) is 0 Å². The van der Waals surface area contributed by atoms with Crippen molar-refractivity contribution in [2.75, 3.05) is 6.61 Å². The molecule has 0 fully saturated rings. The number of nitro benzene ring substituents is 1. The quantitative estimate of drug-likeness (QED) is 0.451. The highest BCUT2D eigenvalue weighted by molar-refractivity contribution is 6.34. The van der Waals surface area contributed by atoms with Gasteiger partial charge in [-0.05, 0) is 18.6 Å². The summed E-state index contributed by atoms with van der Waals surface area (Å²) in [5.74, 6) is -0.987. The molecule has 7 nitrogen and oxygen atoms in total. The molecular formula is C18H17ClN2O5. The van der Waals surface area contributed by atoms with E-state index in [0.717, 1.165) is 11.6 Å². The first kappa shape index (κ1) is 19.4. The van der Waals surface area contributed by atoms with Gasteiger partial charge in [-0.1, -0.05) is 41.9 Å². The number of nitrogens with zero attached hydrogens (tertiary/aromatic N) is 1. The number of nitro groups is 1. The molecule has 0 saturated carbocycles. The van der Waals surface area contributed by atoms with Crippen LogP contribution in [-0.2, 0) is 9.53 Å². The number of nitrogens with one attached hydrogen (secondary N) is 1. The average molecular weight is 377 g/mol. The number of rotatable bonds is 7. The Morgan fingerprint density at radius 2 is 1.92 bits per heavy atom. The van der Waals surface area contributed by atoms with Crippen LogP contribution in [0.5, 0.6) is 0 Å². The lowest BCUT2D eigenvalue weighted by Crippen LogP contribution is -2.30. The summed E-state index contributed by atoms with van der Waals surface area (Å²) in [7, 11) is 0. The smallest absolute Gasteiger partial charge is 0.308 e. The molecule has 0 aliphatic heterocycles. The normalized spacial score (nSPS) is 11.5. The fourth-order valence-corrected chi connectivity index (χ4v) is 2.62. The molecule has 0 aliphatic carbocycles. The summed E-state index contributed by atoms with van der Waals surface area (Å²) in [6.07, 6.45) is -0.0474. The van der Waals surface area contributed by atoms with Gasteiger partial charge in [-0.25, -0.2) is 0 Å². The number of amides is 1. The van der Waals surface area contributed by atoms with E-state index in [-0.39, 0.29) is 29.3 Å². The highest BCUT2D eigenvalue weighted by atomic mass is 35.5. The number of benzene rings is 2. The number of non-ortho nitro benzene ring substituents is 1. The highest BCUT2D eigenvalue weighted by Crippen LogP contribution is 2.24. The molecule has 8 heteroatoms. The zero-order chi connectivity index (χ0) is 19.1. The van der Waals surface area contributed by atoms with E-state index in [1.807, 2.05) is 6.07 Å². The monoisotopic (exact) mass is 376 g/mol. The van der Waals surface area contributed by atoms with E-state index < -0.39 is 22.8 Å². The third-order valence-corrected chi connectivity index (χ3v) is 3.90. The molecule has 2 aromatic rings. The van der Waals surface area contributed by atoms with E-state index in [1.54, 1.807) is 31.2 Å². The predicted octanol–water partition coefficient (Wildman–Crippen LogP) is 3.67. The summed E-state index contributed by atoms with van der Waals surface area (Å²) in [6, 6.07) is 11.9. The van der Waals surface area contributed by atoms with E-state index >= 15 is 0 Å². The van der Waals surface area contributed by atoms with Crippen LogP contribution in [0, 0.1) is 10.1 Å². The molecule has 1 unspecified atom stereocenters. The first-order chi connectivity index (χ1) is 12.4. The van der Waals surface area contributed by atoms with Crippen molar-refractivity contribution >= 4 is 29.2 Å². The molecule has 2 rings (SSSR count). The largest absolute Gasteiger partial charge is 0.466 e. The molecule has 0 bridgehead atoms. The molecule has 0 heterocycles. The first-order valence-electron chi connectivity index (χ1n) is 7.87. The van der Waals surface area contributed by atoms with Crippen LogP contribution < -0.4 is 5.32 Å². The minimum atomic E-state index is -0.617. The SMILES string of the molecule is CCOC(=O)CC(NC(=O)c1ccc([N+](=O)[O-])cc1Cl)c1ccccc1. The van der Waals surface area contributed by atoms with Crippen molar-refractivity contribution in [3.63, 3.8) is 0 Å². The van der Waals surface area contributed by atoms with E-state index in [2.05, 4.69) is 5.32 Å². The van der Waals surface area contributed by atoms with Gasteiger partial charge in [0.2, 0.25) is 0 Å². The lowest BCUT2D eigenvalue weighted by molar-refractivity contribution is -0.384. The molecular weight excluding hydrogens is 360 g/mol. The summed E-state index contributed by atoms with van der Waals surface area (Å²) in [6.45, 7) is 1.94. The lowest BCUT2D eigenvalue weighted by atomic mass is 10.0. The number of carbonyl (C=O) groups excluding carboxylic acids is 2. The summed E-state index contributed by atoms with van der Waals surface area (Å²) >= 11 is 6.00. The Balaban J connectivity index is 2.23. The predicted molar refractivity (Wildman–Crippen MR) is 96.0 cm³/mol. The van der Waals surface area contributed by atoms with Gasteiger partial charge in [0.25, 0.3) is 11.6 Å². The fourth-order valence-electron chi connectivity index (χ4n) is 2.36. The summed E-state index contributed by atoms with van der Waals surface area (Å²) in [5, 5.41) is 13.5. The maximum Gasteiger partial charge on any atom is 0.308 e. The van der Waals surface area contributed by atoms with Crippen LogP contribution >= 0.6 is 11.6 Å². The van der Waals surface area contributed by atoms with Gasteiger partial charge >= 0.3 is 5.97 Å². The van der Waals surface area contributed by atoms with Crippen molar-refractivity contribution in [2.45, 2.75) is 19.4 Å². The number of ether oxygens (including phenoxy) is 1. The summed E-state index contributed by atoms with van der Waals surface area (Å²) in [5.41, 5.74) is 0.603. The lowest BCUT2D eigenvalue weighted by Gasteiger charge is -2.19. The average Bonchev–Trinajstić information content (AvgIpc) is 2.61. The van der Waals surface area contributed by atoms with Crippen LogP contribution in [0.4, 0.5) is 5.69 Å². The number of hydrogen-bond donors (Lipinski definition) is 1. The van der Waals surface area contributed by atoms with Gasteiger partial charge < -0.3 is 10.1 Å². The second kappa shape index (κ2) is 8.96. The van der Waals surface area contributed by atoms with Crippen molar-refractivity contribution in [2.24, 2.45) is 0 Å². The number of hydrogen-bond acceptors (Lipinski definition) is 5. The number of esters is 1. The van der Waals surface area contributed by atoms with Gasteiger partial charge in [0.05, 0.1) is 34.6 Å². The van der Waals surface area contributed by atoms with E-state index in [0.29, 0.717) is 0 Å². The second-order valence-electron chi connectivity index (χ2n) is 5.37. The van der Waals surface area contributed by atoms with Gasteiger partial charge in [0, 0.05) is 12.1 Å². The van der Waals surface area contributed by atoms with Crippen molar-refractivity contribution in [1.82, 2.24) is 5.32 Å². The Labute approximate surface area is 155 Å². The van der Waals surface area contributed by atoms with Crippen LogP contribution in [0.3, 0.4) is 0 Å². The van der Waals surface area contributed by atoms with Crippen molar-refractivity contribution in [3.8, 4) is 0 Å². The van der Waals surface area contributed by atoms with E-state index in [9.17, 15) is 19.7 Å². The fraction of sp³-hybridized carbons (Fsp3) is 0.222. The van der Waals surface area contributed by atoms with Crippen LogP contribution in [0.25, 0.3) is 0 Å². The van der Waals surface area contributed by atoms with Crippen LogP contribution in [0.1, 0.15) is 35.3 Å². The highest BCUT2D eigenvalue weighted by Gasteiger charge is 2.22. The Bertz CT molecular complexity index is 810. The molecule has 0 aliphatic rings. The third kappa shape index (κ3) is 5.03. The van der Waals surface area contributed by atoms with Crippen molar-refractivity contribution in [1.29, 1.82) is 0 Å². The van der Waals surface area contributed by atoms with Gasteiger partial charge in [-0.2, -0.15) is 0 Å². The van der Waals surface area contributed by atoms with Gasteiger partial charge in [-0.3, -0.25) is 19.7 Å². The minimum Gasteiger partial charge on any atom is -0.466 e. The molecule has 1 N–H and O–H groups in total. The Hall–Kier alpha value is -2.93. The zero-order valence-electron chi connectivity index (χ0n) is 14.0. The first-order valence-corrected chi connectivity index (χ1v) is 8.25. The van der Waals surface area contributed by atoms with Gasteiger partial charge in [0.1, 0.15) is 0 Å². The van der Waals surface area contributed by atoms with Crippen LogP contribution in [0.15, 0.2) is 48.5 Å². The van der Waals surface area contributed by atoms with E-state index in [4.69, 9.17) is 16.3 Å². The topological polar surface area (TPSA) is 98.5 Å². The molecule has 136 valence electrons. The summed E-state index contributed by atoms with van der Waals surface area (Å²) in [4.78, 5) is 34.6. The standard InChI is InChI=1S/C18H17ClN2O5/c1-2-26-17(22)11-16(12-6-4-3-5-7-12)20-18(23)14-9-8-13(21(24)25)10-15(14)19/h3-10,16H,2,11H2,1H3,(H,20,23). The molecule has 26 heavy (non-hydrogen) atoms. The molecule has 0 saturated heterocycles. The summed E-state index contributed by atoms with van der Waals surface area (Å²) < 4.78 is 4.96. The Morgan fingerprint density at radius 1 is 1.23 bits per heavy atom. The molecule has 1 amide bonds. The zero-order valence-corrected chi connectivity index (χ0v) is 14.7. The van der Waals surface area contributed by atoms with E-state index in [1.165, 1.54) is 12.1 Å². The molecule has 2 aromatic carbocycles. The Morgan fingerprint density at radius 3 is 2.50 bits per heavy atom. The van der Waals surface area contributed by atoms with Crippen molar-refractivity contribution in [3.05, 3.63) is 74.8 Å². The van der Waals surface area contributed by atoms with Crippen molar-refractivity contribution < 1.29 is 19.2 Å². The minimum absolute atomic E-state index is 0.0420. The molecule has 0 aromatic heterocycles. The van der Waals surface area contributed by atoms with Crippen LogP contribution in [0.2, 0.25) is 5.02 Å². The molecule has 0 spiro atoms.